The molecule has 2 unspecified atom stereocenters. The number of hydrogen-bond donors (Lipinski definition) is 1. The van der Waals surface area contributed by atoms with Gasteiger partial charge >= 0.3 is 0 Å². The minimum atomic E-state index is 0.617. The first kappa shape index (κ1) is 14.5. The van der Waals surface area contributed by atoms with Gasteiger partial charge in [-0.2, -0.15) is 5.10 Å². The molecule has 0 aliphatic carbocycles. The molecule has 0 saturated carbocycles. The Balaban J connectivity index is 1.70. The maximum absolute atomic E-state index is 4.21. The molecule has 108 valence electrons. The third kappa shape index (κ3) is 4.32. The summed E-state index contributed by atoms with van der Waals surface area (Å²) in [5.74, 6) is 0.808. The molecular weight excluding hydrogens is 236 g/mol. The Morgan fingerprint density at radius 3 is 3.05 bits per heavy atom. The first-order chi connectivity index (χ1) is 9.19. The summed E-state index contributed by atoms with van der Waals surface area (Å²) in [6.45, 7) is 9.40. The fourth-order valence-electron chi connectivity index (χ4n) is 3.00. The number of likely N-dealkylation sites (tertiary alicyclic amines) is 1. The molecule has 4 nitrogen and oxygen atoms in total. The highest BCUT2D eigenvalue weighted by Crippen LogP contribution is 2.19. The Kier molecular flexibility index (Phi) is 5.40. The second kappa shape index (κ2) is 7.06. The highest BCUT2D eigenvalue weighted by Gasteiger charge is 2.23. The predicted molar refractivity (Wildman–Crippen MR) is 79.2 cm³/mol. The lowest BCUT2D eigenvalue weighted by Gasteiger charge is -2.35. The normalized spacial score (nSPS) is 22.6. The molecule has 0 amide bonds. The molecule has 0 radical (unpaired) electrons. The van der Waals surface area contributed by atoms with Gasteiger partial charge in [0.1, 0.15) is 0 Å². The molecule has 0 bridgehead atoms. The Morgan fingerprint density at radius 1 is 1.53 bits per heavy atom. The summed E-state index contributed by atoms with van der Waals surface area (Å²) >= 11 is 0. The van der Waals surface area contributed by atoms with Gasteiger partial charge in [0.15, 0.2) is 0 Å². The number of aromatic nitrogens is 2. The van der Waals surface area contributed by atoms with Crippen LogP contribution in [0.2, 0.25) is 0 Å². The molecule has 2 atom stereocenters. The van der Waals surface area contributed by atoms with Crippen LogP contribution in [0.15, 0.2) is 12.4 Å². The SMILES string of the molecule is CCN1CCCC(C(C)NCCc2cnn(C)c2)C1. The molecule has 0 spiro atoms. The Bertz CT molecular complexity index is 374. The van der Waals surface area contributed by atoms with Gasteiger partial charge in [0.2, 0.25) is 0 Å². The third-order valence-corrected chi connectivity index (χ3v) is 4.33. The summed E-state index contributed by atoms with van der Waals surface area (Å²) in [7, 11) is 1.97. The number of nitrogens with zero attached hydrogens (tertiary/aromatic N) is 3. The highest BCUT2D eigenvalue weighted by atomic mass is 15.2. The molecule has 0 aromatic carbocycles. The number of nitrogens with one attached hydrogen (secondary N) is 1. The highest BCUT2D eigenvalue weighted by molar-refractivity contribution is 5.03. The molecule has 1 N–H and O–H groups in total. The van der Waals surface area contributed by atoms with Crippen molar-refractivity contribution in [2.45, 2.75) is 39.2 Å². The molecule has 1 aromatic rings. The van der Waals surface area contributed by atoms with Crippen molar-refractivity contribution in [3.8, 4) is 0 Å². The summed E-state index contributed by atoms with van der Waals surface area (Å²) in [5.41, 5.74) is 1.32. The zero-order valence-electron chi connectivity index (χ0n) is 12.6. The lowest BCUT2D eigenvalue weighted by molar-refractivity contribution is 0.157. The quantitative estimate of drug-likeness (QED) is 0.848. The van der Waals surface area contributed by atoms with E-state index in [0.717, 1.165) is 18.9 Å². The standard InChI is InChI=1S/C15H28N4/c1-4-19-9-5-6-15(12-19)13(2)16-8-7-14-10-17-18(3)11-14/h10-11,13,15-16H,4-9,12H2,1-3H3. The molecule has 2 heterocycles. The zero-order chi connectivity index (χ0) is 13.7. The van der Waals surface area contributed by atoms with Crippen molar-refractivity contribution in [3.05, 3.63) is 18.0 Å². The van der Waals surface area contributed by atoms with Gasteiger partial charge in [-0.05, 0) is 57.3 Å². The van der Waals surface area contributed by atoms with Gasteiger partial charge in [0.25, 0.3) is 0 Å². The maximum atomic E-state index is 4.21. The lowest BCUT2D eigenvalue weighted by atomic mass is 9.91. The number of aryl methyl sites for hydroxylation is 1. The summed E-state index contributed by atoms with van der Waals surface area (Å²) < 4.78 is 1.87. The van der Waals surface area contributed by atoms with Crippen LogP contribution in [0, 0.1) is 5.92 Å². The first-order valence-electron chi connectivity index (χ1n) is 7.62. The van der Waals surface area contributed by atoms with Crippen molar-refractivity contribution in [2.24, 2.45) is 13.0 Å². The molecule has 2 rings (SSSR count). The van der Waals surface area contributed by atoms with E-state index in [4.69, 9.17) is 0 Å². The molecule has 1 aliphatic rings. The number of rotatable bonds is 6. The molecule has 1 aliphatic heterocycles. The Labute approximate surface area is 117 Å². The van der Waals surface area contributed by atoms with Crippen LogP contribution < -0.4 is 5.32 Å². The van der Waals surface area contributed by atoms with Gasteiger partial charge in [-0.25, -0.2) is 0 Å². The third-order valence-electron chi connectivity index (χ3n) is 4.33. The average Bonchev–Trinajstić information content (AvgIpc) is 2.84. The molecular formula is C15H28N4. The van der Waals surface area contributed by atoms with Crippen LogP contribution in [0.3, 0.4) is 0 Å². The van der Waals surface area contributed by atoms with Gasteiger partial charge in [-0.1, -0.05) is 6.92 Å². The van der Waals surface area contributed by atoms with E-state index in [1.54, 1.807) is 0 Å². The smallest absolute Gasteiger partial charge is 0.0522 e. The fraction of sp³-hybridized carbons (Fsp3) is 0.800. The second-order valence-electron chi connectivity index (χ2n) is 5.81. The summed E-state index contributed by atoms with van der Waals surface area (Å²) in [6, 6.07) is 0.617. The number of piperidine rings is 1. The average molecular weight is 264 g/mol. The van der Waals surface area contributed by atoms with E-state index in [0.29, 0.717) is 6.04 Å². The van der Waals surface area contributed by atoms with E-state index in [-0.39, 0.29) is 0 Å². The van der Waals surface area contributed by atoms with Crippen LogP contribution in [0.4, 0.5) is 0 Å². The van der Waals surface area contributed by atoms with Gasteiger partial charge in [0, 0.05) is 25.8 Å². The van der Waals surface area contributed by atoms with Crippen molar-refractivity contribution in [3.63, 3.8) is 0 Å². The number of hydrogen-bond acceptors (Lipinski definition) is 3. The van der Waals surface area contributed by atoms with Crippen LogP contribution in [0.25, 0.3) is 0 Å². The first-order valence-corrected chi connectivity index (χ1v) is 7.62. The van der Waals surface area contributed by atoms with Gasteiger partial charge in [-0.15, -0.1) is 0 Å². The van der Waals surface area contributed by atoms with Crippen LogP contribution in [-0.4, -0.2) is 46.9 Å². The van der Waals surface area contributed by atoms with Gasteiger partial charge < -0.3 is 10.2 Å². The van der Waals surface area contributed by atoms with Crippen molar-refractivity contribution in [1.82, 2.24) is 20.0 Å². The van der Waals surface area contributed by atoms with Gasteiger partial charge in [-0.3, -0.25) is 4.68 Å². The maximum Gasteiger partial charge on any atom is 0.0522 e. The molecule has 19 heavy (non-hydrogen) atoms. The summed E-state index contributed by atoms with van der Waals surface area (Å²) in [4.78, 5) is 2.58. The fourth-order valence-corrected chi connectivity index (χ4v) is 3.00. The van der Waals surface area contributed by atoms with Gasteiger partial charge in [0.05, 0.1) is 6.20 Å². The van der Waals surface area contributed by atoms with E-state index in [1.807, 2.05) is 17.9 Å². The van der Waals surface area contributed by atoms with E-state index in [9.17, 15) is 0 Å². The van der Waals surface area contributed by atoms with Crippen molar-refractivity contribution >= 4 is 0 Å². The Morgan fingerprint density at radius 2 is 2.37 bits per heavy atom. The van der Waals surface area contributed by atoms with Crippen molar-refractivity contribution in [2.75, 3.05) is 26.2 Å². The Hall–Kier alpha value is -0.870. The van der Waals surface area contributed by atoms with E-state index in [2.05, 4.69) is 35.4 Å². The lowest BCUT2D eigenvalue weighted by Crippen LogP contribution is -2.44. The minimum Gasteiger partial charge on any atom is -0.314 e. The van der Waals surface area contributed by atoms with E-state index >= 15 is 0 Å². The van der Waals surface area contributed by atoms with E-state index in [1.165, 1.54) is 38.0 Å². The second-order valence-corrected chi connectivity index (χ2v) is 5.81. The van der Waals surface area contributed by atoms with Crippen LogP contribution in [0.1, 0.15) is 32.3 Å². The van der Waals surface area contributed by atoms with Crippen LogP contribution in [-0.2, 0) is 13.5 Å². The zero-order valence-corrected chi connectivity index (χ0v) is 12.6. The summed E-state index contributed by atoms with van der Waals surface area (Å²) in [5, 5.41) is 7.90. The van der Waals surface area contributed by atoms with Crippen LogP contribution >= 0.6 is 0 Å². The monoisotopic (exact) mass is 264 g/mol. The topological polar surface area (TPSA) is 33.1 Å². The molecule has 4 heteroatoms. The predicted octanol–water partition coefficient (Wildman–Crippen LogP) is 1.67. The largest absolute Gasteiger partial charge is 0.314 e. The molecule has 1 saturated heterocycles. The van der Waals surface area contributed by atoms with Crippen molar-refractivity contribution < 1.29 is 0 Å². The summed E-state index contributed by atoms with van der Waals surface area (Å²) in [6.07, 6.45) is 7.87. The van der Waals surface area contributed by atoms with E-state index < -0.39 is 0 Å². The van der Waals surface area contributed by atoms with Crippen LogP contribution in [0.5, 0.6) is 0 Å². The minimum absolute atomic E-state index is 0.617. The molecule has 1 aromatic heterocycles. The van der Waals surface area contributed by atoms with Crippen molar-refractivity contribution in [1.29, 1.82) is 0 Å². The molecule has 1 fully saturated rings.